The molecule has 2 rings (SSSR count). The quantitative estimate of drug-likeness (QED) is 0.863. The zero-order valence-electron chi connectivity index (χ0n) is 9.79. The highest BCUT2D eigenvalue weighted by atomic mass is 16.4. The van der Waals surface area contributed by atoms with Crippen molar-refractivity contribution in [3.8, 4) is 17.1 Å². The van der Waals surface area contributed by atoms with E-state index in [0.717, 1.165) is 5.56 Å². The predicted octanol–water partition coefficient (Wildman–Crippen LogP) is 2.11. The van der Waals surface area contributed by atoms with Crippen molar-refractivity contribution in [2.75, 3.05) is 0 Å². The number of hydrogen-bond donors (Lipinski definition) is 2. The normalized spacial score (nSPS) is 10.3. The monoisotopic (exact) mass is 244 g/mol. The van der Waals surface area contributed by atoms with E-state index in [4.69, 9.17) is 5.11 Å². The first-order chi connectivity index (χ1) is 8.61. The van der Waals surface area contributed by atoms with Gasteiger partial charge < -0.3 is 10.2 Å². The van der Waals surface area contributed by atoms with Crippen molar-refractivity contribution < 1.29 is 15.0 Å². The predicted molar refractivity (Wildman–Crippen MR) is 65.5 cm³/mol. The second kappa shape index (κ2) is 4.83. The van der Waals surface area contributed by atoms with Gasteiger partial charge in [0.25, 0.3) is 0 Å². The number of carbonyl (C=O) groups is 1. The van der Waals surface area contributed by atoms with Crippen LogP contribution in [0.25, 0.3) is 11.4 Å². The van der Waals surface area contributed by atoms with E-state index in [1.165, 1.54) is 18.3 Å². The van der Waals surface area contributed by atoms with Gasteiger partial charge in [0, 0.05) is 11.8 Å². The lowest BCUT2D eigenvalue weighted by molar-refractivity contribution is 0.0694. The van der Waals surface area contributed by atoms with Gasteiger partial charge in [0.1, 0.15) is 5.75 Å². The Kier molecular flexibility index (Phi) is 3.23. The first-order valence-corrected chi connectivity index (χ1v) is 5.50. The molecule has 0 unspecified atom stereocenters. The van der Waals surface area contributed by atoms with E-state index in [9.17, 15) is 9.90 Å². The molecule has 1 aromatic heterocycles. The van der Waals surface area contributed by atoms with Crippen LogP contribution in [0.15, 0.2) is 30.5 Å². The van der Waals surface area contributed by atoms with Crippen LogP contribution in [0.5, 0.6) is 5.75 Å². The Morgan fingerprint density at radius 3 is 2.50 bits per heavy atom. The molecule has 0 saturated carbocycles. The van der Waals surface area contributed by atoms with E-state index in [1.54, 1.807) is 12.1 Å². The van der Waals surface area contributed by atoms with Gasteiger partial charge in [0.2, 0.25) is 0 Å². The van der Waals surface area contributed by atoms with Gasteiger partial charge >= 0.3 is 5.97 Å². The van der Waals surface area contributed by atoms with Crippen molar-refractivity contribution in [3.63, 3.8) is 0 Å². The van der Waals surface area contributed by atoms with Crippen molar-refractivity contribution in [2.45, 2.75) is 13.3 Å². The highest BCUT2D eigenvalue weighted by Gasteiger charge is 2.12. The number of carboxylic acid groups (broad SMARTS) is 1. The van der Waals surface area contributed by atoms with Crippen molar-refractivity contribution in [3.05, 3.63) is 41.7 Å². The van der Waals surface area contributed by atoms with E-state index in [-0.39, 0.29) is 11.3 Å². The summed E-state index contributed by atoms with van der Waals surface area (Å²) in [7, 11) is 0. The Bertz CT molecular complexity index is 579. The molecule has 1 aromatic carbocycles. The third-order valence-electron chi connectivity index (χ3n) is 2.56. The second-order valence-corrected chi connectivity index (χ2v) is 3.76. The fourth-order valence-electron chi connectivity index (χ4n) is 1.61. The number of aryl methyl sites for hydroxylation is 1. The fraction of sp³-hybridized carbons (Fsp3) is 0.154. The smallest absolute Gasteiger partial charge is 0.339 e. The Hall–Kier alpha value is -2.43. The highest BCUT2D eigenvalue weighted by Crippen LogP contribution is 2.19. The molecule has 92 valence electrons. The minimum atomic E-state index is -1.02. The topological polar surface area (TPSA) is 83.3 Å². The van der Waals surface area contributed by atoms with Gasteiger partial charge in [-0.1, -0.05) is 6.92 Å². The van der Waals surface area contributed by atoms with Crippen LogP contribution in [0, 0.1) is 0 Å². The number of aromatic hydroxyl groups is 1. The number of hydrogen-bond acceptors (Lipinski definition) is 4. The molecule has 0 spiro atoms. The SMILES string of the molecule is CCc1nc(-c2ccc(O)cc2)ncc1C(=O)O. The molecule has 0 amide bonds. The van der Waals surface area contributed by atoms with Gasteiger partial charge in [-0.25, -0.2) is 14.8 Å². The number of rotatable bonds is 3. The Morgan fingerprint density at radius 2 is 1.94 bits per heavy atom. The van der Waals surface area contributed by atoms with Gasteiger partial charge in [-0.3, -0.25) is 0 Å². The van der Waals surface area contributed by atoms with E-state index < -0.39 is 5.97 Å². The Balaban J connectivity index is 2.47. The van der Waals surface area contributed by atoms with Gasteiger partial charge in [0.05, 0.1) is 11.3 Å². The Labute approximate surface area is 104 Å². The number of benzene rings is 1. The first kappa shape index (κ1) is 12.0. The van der Waals surface area contributed by atoms with Crippen LogP contribution in [0.3, 0.4) is 0 Å². The summed E-state index contributed by atoms with van der Waals surface area (Å²) in [6.07, 6.45) is 1.84. The summed E-state index contributed by atoms with van der Waals surface area (Å²) in [5.74, 6) is -0.405. The minimum Gasteiger partial charge on any atom is -0.508 e. The number of nitrogens with zero attached hydrogens (tertiary/aromatic N) is 2. The van der Waals surface area contributed by atoms with Gasteiger partial charge in [-0.05, 0) is 30.7 Å². The zero-order chi connectivity index (χ0) is 13.1. The maximum absolute atomic E-state index is 11.0. The number of phenolic OH excluding ortho intramolecular Hbond substituents is 1. The van der Waals surface area contributed by atoms with Crippen LogP contribution in [0.4, 0.5) is 0 Å². The lowest BCUT2D eigenvalue weighted by Crippen LogP contribution is -2.06. The molecule has 0 aliphatic carbocycles. The molecule has 0 aliphatic rings. The summed E-state index contributed by atoms with van der Waals surface area (Å²) < 4.78 is 0. The molecule has 5 heteroatoms. The van der Waals surface area contributed by atoms with Gasteiger partial charge in [0.15, 0.2) is 5.82 Å². The maximum Gasteiger partial charge on any atom is 0.339 e. The van der Waals surface area contributed by atoms with Crippen LogP contribution >= 0.6 is 0 Å². The van der Waals surface area contributed by atoms with E-state index >= 15 is 0 Å². The molecule has 0 fully saturated rings. The van der Waals surface area contributed by atoms with Crippen LogP contribution in [0.2, 0.25) is 0 Å². The second-order valence-electron chi connectivity index (χ2n) is 3.76. The average Bonchev–Trinajstić information content (AvgIpc) is 2.38. The molecule has 0 aliphatic heterocycles. The number of aromatic nitrogens is 2. The highest BCUT2D eigenvalue weighted by molar-refractivity contribution is 5.88. The largest absolute Gasteiger partial charge is 0.508 e. The minimum absolute atomic E-state index is 0.125. The van der Waals surface area contributed by atoms with Crippen LogP contribution in [-0.4, -0.2) is 26.2 Å². The first-order valence-electron chi connectivity index (χ1n) is 5.50. The molecule has 0 bridgehead atoms. The summed E-state index contributed by atoms with van der Waals surface area (Å²) in [6.45, 7) is 1.84. The third-order valence-corrected chi connectivity index (χ3v) is 2.56. The molecule has 0 saturated heterocycles. The summed E-state index contributed by atoms with van der Waals surface area (Å²) in [4.78, 5) is 19.2. The molecule has 2 aromatic rings. The third kappa shape index (κ3) is 2.29. The molecule has 2 N–H and O–H groups in total. The van der Waals surface area contributed by atoms with E-state index in [2.05, 4.69) is 9.97 Å². The standard InChI is InChI=1S/C13H12N2O3/c1-2-11-10(13(17)18)7-14-12(15-11)8-3-5-9(16)6-4-8/h3-7,16H,2H2,1H3,(H,17,18). The molecule has 18 heavy (non-hydrogen) atoms. The number of phenols is 1. The van der Waals surface area contributed by atoms with E-state index in [0.29, 0.717) is 17.9 Å². The summed E-state index contributed by atoms with van der Waals surface area (Å²) in [6, 6.07) is 6.44. The molecular weight excluding hydrogens is 232 g/mol. The van der Waals surface area contributed by atoms with Crippen molar-refractivity contribution in [2.24, 2.45) is 0 Å². The molecule has 0 atom stereocenters. The van der Waals surface area contributed by atoms with Gasteiger partial charge in [-0.2, -0.15) is 0 Å². The summed E-state index contributed by atoms with van der Waals surface area (Å²) in [5.41, 5.74) is 1.36. The maximum atomic E-state index is 11.0. The molecule has 1 heterocycles. The lowest BCUT2D eigenvalue weighted by atomic mass is 10.1. The summed E-state index contributed by atoms with van der Waals surface area (Å²) >= 11 is 0. The number of carboxylic acids is 1. The Morgan fingerprint density at radius 1 is 1.28 bits per heavy atom. The van der Waals surface area contributed by atoms with Crippen LogP contribution in [0.1, 0.15) is 23.0 Å². The lowest BCUT2D eigenvalue weighted by Gasteiger charge is -2.05. The van der Waals surface area contributed by atoms with Crippen molar-refractivity contribution >= 4 is 5.97 Å². The van der Waals surface area contributed by atoms with Crippen molar-refractivity contribution in [1.29, 1.82) is 0 Å². The average molecular weight is 244 g/mol. The molecule has 5 nitrogen and oxygen atoms in total. The van der Waals surface area contributed by atoms with Crippen LogP contribution in [-0.2, 0) is 6.42 Å². The summed E-state index contributed by atoms with van der Waals surface area (Å²) in [5, 5.41) is 18.2. The van der Waals surface area contributed by atoms with E-state index in [1.807, 2.05) is 6.92 Å². The zero-order valence-corrected chi connectivity index (χ0v) is 9.79. The molecule has 0 radical (unpaired) electrons. The van der Waals surface area contributed by atoms with Crippen LogP contribution < -0.4 is 0 Å². The molecular formula is C13H12N2O3. The van der Waals surface area contributed by atoms with Gasteiger partial charge in [-0.15, -0.1) is 0 Å². The number of aromatic carboxylic acids is 1. The fourth-order valence-corrected chi connectivity index (χ4v) is 1.61. The van der Waals surface area contributed by atoms with Crippen molar-refractivity contribution in [1.82, 2.24) is 9.97 Å².